The first kappa shape index (κ1) is 16.7. The number of hydrogen-bond donors (Lipinski definition) is 0. The molecular formula is C17H19NO5S. The number of aryl methyl sites for hydroxylation is 1. The summed E-state index contributed by atoms with van der Waals surface area (Å²) in [4.78, 5) is 11.4. The van der Waals surface area contributed by atoms with E-state index < -0.39 is 15.6 Å². The molecule has 1 aliphatic heterocycles. The molecule has 24 heavy (non-hydrogen) atoms. The molecule has 0 aliphatic carbocycles. The van der Waals surface area contributed by atoms with Gasteiger partial charge in [0.2, 0.25) is 10.0 Å². The van der Waals surface area contributed by atoms with Gasteiger partial charge in [0.25, 0.3) is 0 Å². The number of benzene rings is 1. The molecule has 0 saturated carbocycles. The van der Waals surface area contributed by atoms with Crippen molar-refractivity contribution in [1.82, 2.24) is 4.31 Å². The number of rotatable bonds is 5. The average molecular weight is 349 g/mol. The van der Waals surface area contributed by atoms with Crippen molar-refractivity contribution < 1.29 is 17.6 Å². The van der Waals surface area contributed by atoms with Crippen molar-refractivity contribution in [2.75, 3.05) is 13.1 Å². The van der Waals surface area contributed by atoms with E-state index in [9.17, 15) is 13.2 Å². The molecule has 1 aromatic carbocycles. The SMILES string of the molecule is Cc1cc(O[C@@H]2CCN(S(=O)(=O)Cc3ccccc3)C2)cc(=O)o1. The van der Waals surface area contributed by atoms with Crippen molar-refractivity contribution in [3.63, 3.8) is 0 Å². The predicted molar refractivity (Wildman–Crippen MR) is 89.4 cm³/mol. The molecule has 1 aromatic heterocycles. The highest BCUT2D eigenvalue weighted by Crippen LogP contribution is 2.22. The van der Waals surface area contributed by atoms with E-state index in [2.05, 4.69) is 0 Å². The van der Waals surface area contributed by atoms with Crippen LogP contribution in [0.1, 0.15) is 17.7 Å². The monoisotopic (exact) mass is 349 g/mol. The summed E-state index contributed by atoms with van der Waals surface area (Å²) in [7, 11) is -3.38. The molecule has 1 aliphatic rings. The molecular weight excluding hydrogens is 330 g/mol. The van der Waals surface area contributed by atoms with Gasteiger partial charge in [-0.05, 0) is 18.9 Å². The van der Waals surface area contributed by atoms with Crippen molar-refractivity contribution in [2.45, 2.75) is 25.2 Å². The van der Waals surface area contributed by atoms with Crippen LogP contribution in [0.3, 0.4) is 0 Å². The third kappa shape index (κ3) is 4.04. The minimum absolute atomic E-state index is 0.0193. The minimum Gasteiger partial charge on any atom is -0.489 e. The van der Waals surface area contributed by atoms with E-state index in [1.54, 1.807) is 25.1 Å². The molecule has 128 valence electrons. The Hall–Kier alpha value is -2.12. The topological polar surface area (TPSA) is 76.8 Å². The largest absolute Gasteiger partial charge is 0.489 e. The number of nitrogens with zero attached hydrogens (tertiary/aromatic N) is 1. The maximum absolute atomic E-state index is 12.5. The van der Waals surface area contributed by atoms with Crippen molar-refractivity contribution in [3.05, 3.63) is 64.2 Å². The zero-order valence-corrected chi connectivity index (χ0v) is 14.2. The first-order valence-electron chi connectivity index (χ1n) is 7.72. The second-order valence-electron chi connectivity index (χ2n) is 5.85. The maximum Gasteiger partial charge on any atom is 0.339 e. The lowest BCUT2D eigenvalue weighted by atomic mass is 10.2. The zero-order chi connectivity index (χ0) is 17.2. The summed E-state index contributed by atoms with van der Waals surface area (Å²) in [5.41, 5.74) is 0.287. The summed E-state index contributed by atoms with van der Waals surface area (Å²) in [6, 6.07) is 12.0. The molecule has 2 heterocycles. The molecule has 2 aromatic rings. The van der Waals surface area contributed by atoms with Crippen molar-refractivity contribution >= 4 is 10.0 Å². The van der Waals surface area contributed by atoms with Crippen LogP contribution in [0.25, 0.3) is 0 Å². The fourth-order valence-corrected chi connectivity index (χ4v) is 4.33. The first-order chi connectivity index (χ1) is 11.4. The highest BCUT2D eigenvalue weighted by molar-refractivity contribution is 7.88. The normalized spacial score (nSPS) is 18.6. The molecule has 1 atom stereocenters. The Morgan fingerprint density at radius 3 is 2.71 bits per heavy atom. The standard InChI is InChI=1S/C17H19NO5S/c1-13-9-16(10-17(19)22-13)23-15-7-8-18(11-15)24(20,21)12-14-5-3-2-4-6-14/h2-6,9-10,15H,7-8,11-12H2,1H3/t15-/m1/s1. The Kier molecular flexibility index (Phi) is 4.73. The molecule has 6 nitrogen and oxygen atoms in total. The Morgan fingerprint density at radius 2 is 2.00 bits per heavy atom. The van der Waals surface area contributed by atoms with Crippen molar-refractivity contribution in [2.24, 2.45) is 0 Å². The van der Waals surface area contributed by atoms with Crippen molar-refractivity contribution in [1.29, 1.82) is 0 Å². The summed E-state index contributed by atoms with van der Waals surface area (Å²) in [5, 5.41) is 0. The van der Waals surface area contributed by atoms with Gasteiger partial charge in [0.1, 0.15) is 17.6 Å². The van der Waals surface area contributed by atoms with Gasteiger partial charge in [-0.3, -0.25) is 0 Å². The molecule has 7 heteroatoms. The molecule has 0 N–H and O–H groups in total. The molecule has 1 saturated heterocycles. The van der Waals surface area contributed by atoms with Crippen LogP contribution < -0.4 is 10.4 Å². The third-order valence-electron chi connectivity index (χ3n) is 3.86. The van der Waals surface area contributed by atoms with E-state index in [0.29, 0.717) is 24.5 Å². The van der Waals surface area contributed by atoms with Gasteiger partial charge in [-0.25, -0.2) is 13.2 Å². The highest BCUT2D eigenvalue weighted by Gasteiger charge is 2.32. The lowest BCUT2D eigenvalue weighted by Gasteiger charge is -2.17. The van der Waals surface area contributed by atoms with Gasteiger partial charge >= 0.3 is 5.63 Å². The van der Waals surface area contributed by atoms with Crippen LogP contribution in [0.5, 0.6) is 5.75 Å². The number of hydrogen-bond acceptors (Lipinski definition) is 5. The number of sulfonamides is 1. The van der Waals surface area contributed by atoms with Crippen LogP contribution in [-0.4, -0.2) is 31.9 Å². The van der Waals surface area contributed by atoms with E-state index in [1.807, 2.05) is 18.2 Å². The van der Waals surface area contributed by atoms with Gasteiger partial charge in [-0.15, -0.1) is 0 Å². The van der Waals surface area contributed by atoms with E-state index in [0.717, 1.165) is 5.56 Å². The van der Waals surface area contributed by atoms with Gasteiger partial charge in [0.05, 0.1) is 18.4 Å². The van der Waals surface area contributed by atoms with Crippen molar-refractivity contribution in [3.8, 4) is 5.75 Å². The van der Waals surface area contributed by atoms with Crippen LogP contribution in [0.4, 0.5) is 0 Å². The van der Waals surface area contributed by atoms with Crippen LogP contribution in [0.2, 0.25) is 0 Å². The van der Waals surface area contributed by atoms with Gasteiger partial charge in [-0.2, -0.15) is 4.31 Å². The fourth-order valence-electron chi connectivity index (χ4n) is 2.76. The van der Waals surface area contributed by atoms with Gasteiger partial charge < -0.3 is 9.15 Å². The van der Waals surface area contributed by atoms with Crippen LogP contribution in [-0.2, 0) is 15.8 Å². The molecule has 0 amide bonds. The Morgan fingerprint density at radius 1 is 1.25 bits per heavy atom. The van der Waals surface area contributed by atoms with E-state index in [-0.39, 0.29) is 18.4 Å². The Balaban J connectivity index is 1.65. The van der Waals surface area contributed by atoms with Gasteiger partial charge in [-0.1, -0.05) is 30.3 Å². The molecule has 0 bridgehead atoms. The first-order valence-corrected chi connectivity index (χ1v) is 9.33. The zero-order valence-electron chi connectivity index (χ0n) is 13.3. The molecule has 0 unspecified atom stereocenters. The second kappa shape index (κ2) is 6.78. The fraction of sp³-hybridized carbons (Fsp3) is 0.353. The minimum atomic E-state index is -3.38. The third-order valence-corrected chi connectivity index (χ3v) is 5.68. The molecule has 1 fully saturated rings. The maximum atomic E-state index is 12.5. The molecule has 0 spiro atoms. The summed E-state index contributed by atoms with van der Waals surface area (Å²) >= 11 is 0. The second-order valence-corrected chi connectivity index (χ2v) is 7.82. The average Bonchev–Trinajstić information content (AvgIpc) is 2.96. The molecule has 0 radical (unpaired) electrons. The summed E-state index contributed by atoms with van der Waals surface area (Å²) in [6.07, 6.45) is 0.324. The lowest BCUT2D eigenvalue weighted by Crippen LogP contribution is -2.32. The lowest BCUT2D eigenvalue weighted by molar-refractivity contribution is 0.213. The van der Waals surface area contributed by atoms with Gasteiger partial charge in [0.15, 0.2) is 0 Å². The quantitative estimate of drug-likeness (QED) is 0.824. The van der Waals surface area contributed by atoms with E-state index in [4.69, 9.17) is 9.15 Å². The summed E-state index contributed by atoms with van der Waals surface area (Å²) in [6.45, 7) is 2.37. The van der Waals surface area contributed by atoms with Gasteiger partial charge in [0, 0.05) is 12.6 Å². The van der Waals surface area contributed by atoms with Crippen LogP contribution in [0.15, 0.2) is 51.7 Å². The smallest absolute Gasteiger partial charge is 0.339 e. The summed E-state index contributed by atoms with van der Waals surface area (Å²) in [5.74, 6) is 0.856. The molecule has 3 rings (SSSR count). The predicted octanol–water partition coefficient (Wildman–Crippen LogP) is 1.93. The number of ether oxygens (including phenoxy) is 1. The van der Waals surface area contributed by atoms with E-state index >= 15 is 0 Å². The van der Waals surface area contributed by atoms with E-state index in [1.165, 1.54) is 10.4 Å². The van der Waals surface area contributed by atoms with Crippen LogP contribution >= 0.6 is 0 Å². The van der Waals surface area contributed by atoms with Crippen LogP contribution in [0, 0.1) is 6.92 Å². The highest BCUT2D eigenvalue weighted by atomic mass is 32.2. The summed E-state index contributed by atoms with van der Waals surface area (Å²) < 4.78 is 37.1. The Labute approximate surface area is 140 Å². The Bertz CT molecular complexity index is 860.